The van der Waals surface area contributed by atoms with E-state index >= 15 is 0 Å². The Hall–Kier alpha value is -9.81. The molecule has 8 aromatic carbocycles. The first-order valence-electron chi connectivity index (χ1n) is 23.9. The monoisotopic (exact) mass is 997 g/mol. The molecular formula is C63H55N3O9. The van der Waals surface area contributed by atoms with Gasteiger partial charge in [-0.1, -0.05) is 96.8 Å². The number of carbonyl (C=O) groups is 2. The van der Waals surface area contributed by atoms with Crippen LogP contribution in [0.25, 0.3) is 62.4 Å². The molecule has 10 aromatic rings. The van der Waals surface area contributed by atoms with Gasteiger partial charge in [-0.05, 0) is 137 Å². The van der Waals surface area contributed by atoms with Crippen LogP contribution in [0.4, 0.5) is 5.69 Å². The van der Waals surface area contributed by atoms with Gasteiger partial charge < -0.3 is 45.2 Å². The first kappa shape index (κ1) is 51.5. The molecule has 0 bridgehead atoms. The molecule has 2 heterocycles. The summed E-state index contributed by atoms with van der Waals surface area (Å²) in [5, 5.41) is 73.8. The maximum Gasteiger partial charge on any atom is 0.339 e. The van der Waals surface area contributed by atoms with Crippen molar-refractivity contribution in [1.82, 2.24) is 4.57 Å². The van der Waals surface area contributed by atoms with E-state index in [1.165, 1.54) is 63.1 Å². The van der Waals surface area contributed by atoms with E-state index < -0.39 is 23.4 Å². The number of hydrogen-bond donors (Lipinski definition) is 6. The number of aryl methyl sites for hydroxylation is 2. The van der Waals surface area contributed by atoms with Crippen molar-refractivity contribution >= 4 is 74.4 Å². The van der Waals surface area contributed by atoms with Crippen molar-refractivity contribution in [2.24, 2.45) is 7.05 Å². The first-order chi connectivity index (χ1) is 36.0. The van der Waals surface area contributed by atoms with E-state index in [9.17, 15) is 40.2 Å². The molecule has 0 unspecified atom stereocenters. The molecule has 0 aliphatic carbocycles. The van der Waals surface area contributed by atoms with Gasteiger partial charge >= 0.3 is 11.9 Å². The van der Waals surface area contributed by atoms with E-state index in [1.54, 1.807) is 91.0 Å². The number of para-hydroxylation sites is 1. The predicted molar refractivity (Wildman–Crippen MR) is 296 cm³/mol. The number of aromatic nitrogens is 2. The lowest BCUT2D eigenvalue weighted by molar-refractivity contribution is -0.646. The molecule has 0 spiro atoms. The molecule has 0 saturated heterocycles. The van der Waals surface area contributed by atoms with E-state index in [4.69, 9.17) is 5.11 Å². The van der Waals surface area contributed by atoms with Crippen molar-refractivity contribution in [2.75, 3.05) is 19.0 Å². The third-order valence-electron chi connectivity index (χ3n) is 13.0. The maximum atomic E-state index is 12.9. The standard InChI is InChI=1S/C26H28N3.C23H16O6.C14H12O3/c1-19-17-21(20(2)29(19)24-9-7-6-8-10-24)11-13-23-14-12-22-18-25(27(3)4)15-16-26(22)28(23)5;24-20-16(14-7-3-1-5-12(14)9-18(20)22(26)27)11-17-15-8-4-2-6-13(15)10-19(21(17)25)23(28)29;15-12-5-3-10(4-6-12)1-2-11-7-13(16)9-14(17)8-11/h6-18H,1-5H3;1-10,24-25H,11H2,(H,26,27)(H,28,29);1-9,15-17H/q+1;;/p-1. The van der Waals surface area contributed by atoms with Crippen LogP contribution in [0.3, 0.4) is 0 Å². The van der Waals surface area contributed by atoms with Gasteiger partial charge in [0.05, 0.1) is 5.56 Å². The van der Waals surface area contributed by atoms with Crippen molar-refractivity contribution in [3.8, 4) is 34.4 Å². The second-order valence-electron chi connectivity index (χ2n) is 18.2. The summed E-state index contributed by atoms with van der Waals surface area (Å²) in [6.07, 6.45) is 7.92. The highest BCUT2D eigenvalue weighted by Crippen LogP contribution is 2.38. The fraction of sp³-hybridized carbons (Fsp3) is 0.0952. The quantitative estimate of drug-likeness (QED) is 0.0568. The Balaban J connectivity index is 0.000000155. The number of pyridine rings is 1. The molecular weight excluding hydrogens is 943 g/mol. The van der Waals surface area contributed by atoms with E-state index in [-0.39, 0.29) is 45.9 Å². The summed E-state index contributed by atoms with van der Waals surface area (Å²) >= 11 is 0. The fourth-order valence-corrected chi connectivity index (χ4v) is 9.12. The predicted octanol–water partition coefficient (Wildman–Crippen LogP) is 12.0. The van der Waals surface area contributed by atoms with E-state index in [2.05, 4.69) is 128 Å². The van der Waals surface area contributed by atoms with Crippen molar-refractivity contribution in [3.63, 3.8) is 0 Å². The van der Waals surface area contributed by atoms with Crippen LogP contribution >= 0.6 is 0 Å². The number of aromatic carboxylic acids is 2. The van der Waals surface area contributed by atoms with E-state index in [0.29, 0.717) is 27.1 Å². The van der Waals surface area contributed by atoms with Crippen LogP contribution in [-0.4, -0.2) is 61.2 Å². The summed E-state index contributed by atoms with van der Waals surface area (Å²) in [5.41, 5.74) is 10.0. The number of anilines is 1. The number of rotatable bonds is 10. The third-order valence-corrected chi connectivity index (χ3v) is 13.0. The number of carboxylic acid groups (broad SMARTS) is 2. The number of fused-ring (bicyclic) bond motifs is 3. The fourth-order valence-electron chi connectivity index (χ4n) is 9.12. The number of hydrogen-bond acceptors (Lipinski definition) is 8. The van der Waals surface area contributed by atoms with Gasteiger partial charge in [-0.2, -0.15) is 4.57 Å². The minimum atomic E-state index is -1.34. The van der Waals surface area contributed by atoms with Gasteiger partial charge in [0.25, 0.3) is 0 Å². The minimum Gasteiger partial charge on any atom is -0.872 e. The van der Waals surface area contributed by atoms with Crippen LogP contribution < -0.4 is 14.6 Å². The molecule has 12 nitrogen and oxygen atoms in total. The molecule has 0 radical (unpaired) electrons. The summed E-state index contributed by atoms with van der Waals surface area (Å²) in [4.78, 5) is 25.3. The number of phenols is 4. The summed E-state index contributed by atoms with van der Waals surface area (Å²) < 4.78 is 4.56. The lowest BCUT2D eigenvalue weighted by atomic mass is 9.90. The molecule has 0 atom stereocenters. The Labute approximate surface area is 433 Å². The smallest absolute Gasteiger partial charge is 0.339 e. The Kier molecular flexibility index (Phi) is 15.3. The van der Waals surface area contributed by atoms with Gasteiger partial charge in [0.1, 0.15) is 35.6 Å². The number of benzene rings is 8. The van der Waals surface area contributed by atoms with E-state index in [1.807, 2.05) is 6.08 Å². The number of nitrogens with zero attached hydrogens (tertiary/aromatic N) is 3. The molecule has 2 aromatic heterocycles. The van der Waals surface area contributed by atoms with Gasteiger partial charge in [-0.25, -0.2) is 9.59 Å². The summed E-state index contributed by atoms with van der Waals surface area (Å²) in [6, 6.07) is 51.4. The van der Waals surface area contributed by atoms with E-state index in [0.717, 1.165) is 5.56 Å². The van der Waals surface area contributed by atoms with Gasteiger partial charge in [0, 0.05) is 78.5 Å². The Morgan fingerprint density at radius 3 is 1.79 bits per heavy atom. The molecule has 0 saturated carbocycles. The molecule has 376 valence electrons. The molecule has 10 rings (SSSR count). The average Bonchev–Trinajstić information content (AvgIpc) is 3.68. The summed E-state index contributed by atoms with van der Waals surface area (Å²) in [6.45, 7) is 4.35. The summed E-state index contributed by atoms with van der Waals surface area (Å²) in [7, 11) is 6.28. The van der Waals surface area contributed by atoms with Gasteiger partial charge in [0.15, 0.2) is 0 Å². The highest BCUT2D eigenvalue weighted by atomic mass is 16.4. The molecule has 75 heavy (non-hydrogen) atoms. The van der Waals surface area contributed by atoms with Gasteiger partial charge in [-0.15, -0.1) is 0 Å². The number of carboxylic acids is 2. The zero-order valence-corrected chi connectivity index (χ0v) is 41.9. The van der Waals surface area contributed by atoms with Gasteiger partial charge in [0.2, 0.25) is 11.2 Å². The van der Waals surface area contributed by atoms with Crippen LogP contribution in [-0.2, 0) is 13.5 Å². The molecule has 0 aliphatic heterocycles. The zero-order chi connectivity index (χ0) is 53.5. The molecule has 0 fully saturated rings. The SMILES string of the molecule is Cc1cc(C=Cc2ccc3cc(N(C)C)ccc3[n+]2C)c(C)n1-c1ccccc1.O=C(O)c1cc2ccccc2c(Cc2c(O)c(C(=O)O)cc3ccccc23)c1[O-].Oc1ccc(C=Cc2cc(O)cc(O)c2)cc1. The number of aromatic hydroxyl groups is 4. The molecule has 0 amide bonds. The molecule has 6 N–H and O–H groups in total. The normalized spacial score (nSPS) is 11.2. The number of phenolic OH excluding ortho intramolecular Hbond substituents is 3. The summed E-state index contributed by atoms with van der Waals surface area (Å²) in [5.74, 6) is -3.44. The van der Waals surface area contributed by atoms with Crippen molar-refractivity contribution in [2.45, 2.75) is 20.3 Å². The van der Waals surface area contributed by atoms with Crippen LogP contribution in [0, 0.1) is 13.8 Å². The zero-order valence-electron chi connectivity index (χ0n) is 41.9. The van der Waals surface area contributed by atoms with Crippen LogP contribution in [0.1, 0.15) is 65.6 Å². The first-order valence-corrected chi connectivity index (χ1v) is 23.9. The average molecular weight is 998 g/mol. The largest absolute Gasteiger partial charge is 0.872 e. The Morgan fingerprint density at radius 2 is 1.16 bits per heavy atom. The van der Waals surface area contributed by atoms with Crippen molar-refractivity contribution < 1.29 is 49.9 Å². The van der Waals surface area contributed by atoms with Crippen LogP contribution in [0.2, 0.25) is 0 Å². The second-order valence-corrected chi connectivity index (χ2v) is 18.2. The third kappa shape index (κ3) is 11.6. The minimum absolute atomic E-state index is 0.0235. The second kappa shape index (κ2) is 22.3. The Bertz CT molecular complexity index is 3700. The maximum absolute atomic E-state index is 12.9. The van der Waals surface area contributed by atoms with Gasteiger partial charge in [-0.3, -0.25) is 0 Å². The van der Waals surface area contributed by atoms with Crippen LogP contribution in [0.5, 0.6) is 28.7 Å². The highest BCUT2D eigenvalue weighted by molar-refractivity contribution is 6.02. The Morgan fingerprint density at radius 1 is 0.573 bits per heavy atom. The highest BCUT2D eigenvalue weighted by Gasteiger charge is 2.20. The molecule has 12 heteroatoms. The lowest BCUT2D eigenvalue weighted by Crippen LogP contribution is -2.32. The lowest BCUT2D eigenvalue weighted by Gasteiger charge is -2.21. The van der Waals surface area contributed by atoms with Crippen LogP contribution in [0.15, 0.2) is 170 Å². The van der Waals surface area contributed by atoms with Crippen molar-refractivity contribution in [3.05, 3.63) is 226 Å². The van der Waals surface area contributed by atoms with Crippen molar-refractivity contribution in [1.29, 1.82) is 0 Å². The topological polar surface area (TPSA) is 191 Å². The molecule has 0 aliphatic rings.